The number of oxazole rings is 1. The van der Waals surface area contributed by atoms with Crippen LogP contribution in [0.2, 0.25) is 0 Å². The Morgan fingerprint density at radius 1 is 1.10 bits per heavy atom. The fourth-order valence-electron chi connectivity index (χ4n) is 4.69. The molecule has 30 heavy (non-hydrogen) atoms. The molecule has 2 fully saturated rings. The largest absolute Gasteiger partial charge is 0.420 e. The summed E-state index contributed by atoms with van der Waals surface area (Å²) in [5, 5.41) is 0. The Hall–Kier alpha value is -2.13. The summed E-state index contributed by atoms with van der Waals surface area (Å²) in [5.74, 6) is -0.170. The van der Waals surface area contributed by atoms with Crippen molar-refractivity contribution in [3.8, 4) is 0 Å². The minimum atomic E-state index is -3.68. The second-order valence-corrected chi connectivity index (χ2v) is 10.7. The average Bonchev–Trinajstić information content (AvgIpc) is 3.02. The quantitative estimate of drug-likeness (QED) is 0.735. The van der Waals surface area contributed by atoms with Gasteiger partial charge in [0.05, 0.1) is 10.4 Å². The van der Waals surface area contributed by atoms with Crippen LogP contribution in [0.15, 0.2) is 32.3 Å². The van der Waals surface area contributed by atoms with E-state index in [0.29, 0.717) is 43.5 Å². The van der Waals surface area contributed by atoms with Crippen LogP contribution in [0.1, 0.15) is 39.5 Å². The lowest BCUT2D eigenvalue weighted by molar-refractivity contribution is -0.132. The second-order valence-electron chi connectivity index (χ2n) is 8.79. The van der Waals surface area contributed by atoms with Gasteiger partial charge in [-0.2, -0.15) is 4.31 Å². The van der Waals surface area contributed by atoms with Crippen molar-refractivity contribution in [1.82, 2.24) is 13.8 Å². The first-order valence-electron chi connectivity index (χ1n) is 10.7. The summed E-state index contributed by atoms with van der Waals surface area (Å²) in [4.78, 5) is 26.8. The predicted molar refractivity (Wildman–Crippen MR) is 113 cm³/mol. The maximum Gasteiger partial charge on any atom is 0.420 e. The molecule has 0 spiro atoms. The number of sulfonamides is 1. The number of fused-ring (bicyclic) bond motifs is 1. The Morgan fingerprint density at radius 2 is 1.77 bits per heavy atom. The molecule has 164 valence electrons. The molecule has 2 saturated heterocycles. The van der Waals surface area contributed by atoms with Gasteiger partial charge in [0, 0.05) is 32.2 Å². The zero-order valence-corrected chi connectivity index (χ0v) is 18.4. The lowest BCUT2D eigenvalue weighted by Crippen LogP contribution is -2.42. The third kappa shape index (κ3) is 4.05. The minimum Gasteiger partial charge on any atom is -0.408 e. The Balaban J connectivity index is 1.61. The van der Waals surface area contributed by atoms with E-state index in [1.807, 2.05) is 0 Å². The van der Waals surface area contributed by atoms with Crippen molar-refractivity contribution >= 4 is 27.0 Å². The summed E-state index contributed by atoms with van der Waals surface area (Å²) in [6.45, 7) is 6.40. The van der Waals surface area contributed by atoms with Crippen LogP contribution in [0.4, 0.5) is 0 Å². The molecule has 0 aliphatic carbocycles. The molecular formula is C21H29N3O5S. The molecule has 9 heteroatoms. The molecule has 0 saturated carbocycles. The van der Waals surface area contributed by atoms with Crippen LogP contribution in [0.25, 0.3) is 11.1 Å². The number of benzene rings is 1. The molecule has 1 amide bonds. The number of hydrogen-bond donors (Lipinski definition) is 0. The lowest BCUT2D eigenvalue weighted by atomic mass is 9.94. The molecule has 8 nitrogen and oxygen atoms in total. The van der Waals surface area contributed by atoms with Gasteiger partial charge in [-0.15, -0.1) is 0 Å². The molecule has 0 bridgehead atoms. The molecule has 1 aromatic carbocycles. The van der Waals surface area contributed by atoms with Crippen molar-refractivity contribution in [2.45, 2.75) is 51.0 Å². The number of aromatic nitrogens is 1. The van der Waals surface area contributed by atoms with E-state index in [1.165, 1.54) is 21.0 Å². The standard InChI is InChI=1S/C21H29N3O5S/c1-15-10-16(2)13-23(12-15)30(27,28)17-6-7-18-19(11-17)29-21(26)24(18)14-20(25)22-8-4-3-5-9-22/h6-7,11,15-16H,3-5,8-10,12-14H2,1-2H3/t15-,16+. The van der Waals surface area contributed by atoms with Crippen molar-refractivity contribution < 1.29 is 17.6 Å². The van der Waals surface area contributed by atoms with Gasteiger partial charge in [-0.1, -0.05) is 13.8 Å². The number of nitrogens with zero attached hydrogens (tertiary/aromatic N) is 3. The van der Waals surface area contributed by atoms with E-state index < -0.39 is 15.8 Å². The number of likely N-dealkylation sites (tertiary alicyclic amines) is 1. The Kier molecular flexibility index (Phi) is 5.76. The first kappa shape index (κ1) is 21.1. The molecule has 2 aromatic rings. The maximum atomic E-state index is 13.1. The van der Waals surface area contributed by atoms with E-state index in [1.54, 1.807) is 11.0 Å². The van der Waals surface area contributed by atoms with Crippen LogP contribution in [0.3, 0.4) is 0 Å². The van der Waals surface area contributed by atoms with Crippen LogP contribution in [0, 0.1) is 11.8 Å². The highest BCUT2D eigenvalue weighted by Crippen LogP contribution is 2.28. The summed E-state index contributed by atoms with van der Waals surface area (Å²) in [6, 6.07) is 4.46. The molecule has 2 aliphatic rings. The molecule has 2 atom stereocenters. The van der Waals surface area contributed by atoms with Gasteiger partial charge in [0.1, 0.15) is 6.54 Å². The number of piperidine rings is 2. The van der Waals surface area contributed by atoms with Crippen LogP contribution in [0.5, 0.6) is 0 Å². The highest BCUT2D eigenvalue weighted by atomic mass is 32.2. The Morgan fingerprint density at radius 3 is 2.43 bits per heavy atom. The molecule has 4 rings (SSSR count). The number of hydrogen-bond acceptors (Lipinski definition) is 5. The molecule has 3 heterocycles. The molecule has 0 unspecified atom stereocenters. The van der Waals surface area contributed by atoms with E-state index in [0.717, 1.165) is 25.7 Å². The number of rotatable bonds is 4. The van der Waals surface area contributed by atoms with Gasteiger partial charge in [0.25, 0.3) is 0 Å². The normalized spacial score (nSPS) is 23.7. The van der Waals surface area contributed by atoms with Gasteiger partial charge in [0.15, 0.2) is 5.58 Å². The topological polar surface area (TPSA) is 92.8 Å². The average molecular weight is 436 g/mol. The van der Waals surface area contributed by atoms with Crippen molar-refractivity contribution in [2.75, 3.05) is 26.2 Å². The monoisotopic (exact) mass is 435 g/mol. The van der Waals surface area contributed by atoms with Gasteiger partial charge in [-0.25, -0.2) is 13.2 Å². The second kappa shape index (κ2) is 8.19. The smallest absolute Gasteiger partial charge is 0.408 e. The van der Waals surface area contributed by atoms with E-state index in [-0.39, 0.29) is 22.9 Å². The van der Waals surface area contributed by atoms with E-state index >= 15 is 0 Å². The Bertz CT molecular complexity index is 1090. The minimum absolute atomic E-state index is 0.0981. The highest BCUT2D eigenvalue weighted by molar-refractivity contribution is 7.89. The van der Waals surface area contributed by atoms with Crippen LogP contribution in [-0.2, 0) is 21.4 Å². The molecule has 2 aliphatic heterocycles. The summed E-state index contributed by atoms with van der Waals surface area (Å²) < 4.78 is 34.4. The first-order valence-corrected chi connectivity index (χ1v) is 12.1. The van der Waals surface area contributed by atoms with Gasteiger partial charge in [-0.05, 0) is 49.7 Å². The lowest BCUT2D eigenvalue weighted by Gasteiger charge is -2.34. The van der Waals surface area contributed by atoms with Crippen LogP contribution >= 0.6 is 0 Å². The third-order valence-electron chi connectivity index (χ3n) is 6.11. The summed E-state index contributed by atoms with van der Waals surface area (Å²) in [5.41, 5.74) is 0.621. The van der Waals surface area contributed by atoms with Gasteiger partial charge < -0.3 is 9.32 Å². The summed E-state index contributed by atoms with van der Waals surface area (Å²) in [6.07, 6.45) is 4.07. The van der Waals surface area contributed by atoms with Gasteiger partial charge in [-0.3, -0.25) is 9.36 Å². The zero-order valence-electron chi connectivity index (χ0n) is 17.5. The number of carbonyl (C=O) groups is 1. The predicted octanol–water partition coefficient (Wildman–Crippen LogP) is 2.27. The summed E-state index contributed by atoms with van der Waals surface area (Å²) in [7, 11) is -3.68. The van der Waals surface area contributed by atoms with Crippen molar-refractivity contribution in [3.63, 3.8) is 0 Å². The zero-order chi connectivity index (χ0) is 21.5. The number of carbonyl (C=O) groups excluding carboxylic acids is 1. The molecule has 1 aromatic heterocycles. The summed E-state index contributed by atoms with van der Waals surface area (Å²) >= 11 is 0. The van der Waals surface area contributed by atoms with Crippen molar-refractivity contribution in [2.24, 2.45) is 11.8 Å². The van der Waals surface area contributed by atoms with Crippen molar-refractivity contribution in [3.05, 3.63) is 28.7 Å². The van der Waals surface area contributed by atoms with Gasteiger partial charge >= 0.3 is 5.76 Å². The van der Waals surface area contributed by atoms with Gasteiger partial charge in [0.2, 0.25) is 15.9 Å². The third-order valence-corrected chi connectivity index (χ3v) is 7.94. The molecule has 0 radical (unpaired) electrons. The fourth-order valence-corrected chi connectivity index (χ4v) is 6.38. The Labute approximate surface area is 176 Å². The van der Waals surface area contributed by atoms with E-state index in [2.05, 4.69) is 13.8 Å². The van der Waals surface area contributed by atoms with Crippen molar-refractivity contribution in [1.29, 1.82) is 0 Å². The SMILES string of the molecule is C[C@@H]1C[C@H](C)CN(S(=O)(=O)c2ccc3c(c2)oc(=O)n3CC(=O)N2CCCCC2)C1. The molecular weight excluding hydrogens is 406 g/mol. The highest BCUT2D eigenvalue weighted by Gasteiger charge is 2.32. The fraction of sp³-hybridized carbons (Fsp3) is 0.619. The first-order chi connectivity index (χ1) is 14.3. The maximum absolute atomic E-state index is 13.1. The van der Waals surface area contributed by atoms with Crippen LogP contribution < -0.4 is 5.76 Å². The van der Waals surface area contributed by atoms with E-state index in [9.17, 15) is 18.0 Å². The van der Waals surface area contributed by atoms with E-state index in [4.69, 9.17) is 4.42 Å². The number of amides is 1. The molecule has 0 N–H and O–H groups in total. The van der Waals surface area contributed by atoms with Crippen LogP contribution in [-0.4, -0.2) is 54.3 Å².